The van der Waals surface area contributed by atoms with E-state index in [-0.39, 0.29) is 17.1 Å². The Labute approximate surface area is 148 Å². The molecule has 1 aromatic carbocycles. The van der Waals surface area contributed by atoms with Gasteiger partial charge in [0.25, 0.3) is 5.91 Å². The van der Waals surface area contributed by atoms with Gasteiger partial charge in [-0.05, 0) is 43.4 Å². The SMILES string of the molecule is CC(C)CN1CCC[C@@H](CNC(=O)c2cc(=O)c3ccccc3o2)C1. The molecule has 2 heterocycles. The predicted octanol–water partition coefficient (Wildman–Crippen LogP) is 2.89. The highest BCUT2D eigenvalue weighted by Gasteiger charge is 2.21. The zero-order chi connectivity index (χ0) is 17.8. The van der Waals surface area contributed by atoms with Gasteiger partial charge in [-0.2, -0.15) is 0 Å². The summed E-state index contributed by atoms with van der Waals surface area (Å²) in [5.74, 6) is 0.867. The standard InChI is InChI=1S/C20H26N2O3/c1-14(2)12-22-9-5-6-15(13-22)11-21-20(24)19-10-17(23)16-7-3-4-8-18(16)25-19/h3-4,7-8,10,14-15H,5-6,9,11-13H2,1-2H3,(H,21,24)/t15-/m0/s1. The third-order valence-corrected chi connectivity index (χ3v) is 4.64. The van der Waals surface area contributed by atoms with Gasteiger partial charge in [0, 0.05) is 25.7 Å². The van der Waals surface area contributed by atoms with Crippen molar-refractivity contribution in [2.24, 2.45) is 11.8 Å². The first kappa shape index (κ1) is 17.7. The van der Waals surface area contributed by atoms with Gasteiger partial charge in [0.1, 0.15) is 5.58 Å². The van der Waals surface area contributed by atoms with Crippen LogP contribution in [0.2, 0.25) is 0 Å². The maximum absolute atomic E-state index is 12.4. The van der Waals surface area contributed by atoms with Crippen molar-refractivity contribution in [3.8, 4) is 0 Å². The predicted molar refractivity (Wildman–Crippen MR) is 98.8 cm³/mol. The van der Waals surface area contributed by atoms with Gasteiger partial charge in [0.2, 0.25) is 0 Å². The molecule has 25 heavy (non-hydrogen) atoms. The molecule has 1 N–H and O–H groups in total. The second-order valence-electron chi connectivity index (χ2n) is 7.34. The molecule has 1 amide bonds. The van der Waals surface area contributed by atoms with Gasteiger partial charge in [-0.1, -0.05) is 26.0 Å². The molecule has 5 nitrogen and oxygen atoms in total. The Morgan fingerprint density at radius 1 is 1.36 bits per heavy atom. The van der Waals surface area contributed by atoms with Crippen LogP contribution in [0, 0.1) is 11.8 Å². The first-order valence-electron chi connectivity index (χ1n) is 9.06. The van der Waals surface area contributed by atoms with Crippen LogP contribution in [0.15, 0.2) is 39.5 Å². The Hall–Kier alpha value is -2.14. The Bertz CT molecular complexity index is 797. The number of hydrogen-bond acceptors (Lipinski definition) is 4. The average Bonchev–Trinajstić information content (AvgIpc) is 2.59. The molecular formula is C20H26N2O3. The van der Waals surface area contributed by atoms with E-state index < -0.39 is 0 Å². The Kier molecular flexibility index (Phi) is 5.53. The van der Waals surface area contributed by atoms with E-state index in [9.17, 15) is 9.59 Å². The molecule has 1 saturated heterocycles. The lowest BCUT2D eigenvalue weighted by Crippen LogP contribution is -2.42. The van der Waals surface area contributed by atoms with Gasteiger partial charge in [-0.15, -0.1) is 0 Å². The summed E-state index contributed by atoms with van der Waals surface area (Å²) in [5.41, 5.74) is 0.258. The topological polar surface area (TPSA) is 62.6 Å². The van der Waals surface area contributed by atoms with Crippen molar-refractivity contribution in [1.82, 2.24) is 10.2 Å². The van der Waals surface area contributed by atoms with Crippen molar-refractivity contribution in [2.75, 3.05) is 26.2 Å². The van der Waals surface area contributed by atoms with Crippen molar-refractivity contribution < 1.29 is 9.21 Å². The Morgan fingerprint density at radius 3 is 2.96 bits per heavy atom. The Morgan fingerprint density at radius 2 is 2.16 bits per heavy atom. The molecule has 0 saturated carbocycles. The van der Waals surface area contributed by atoms with Gasteiger partial charge in [-0.25, -0.2) is 0 Å². The number of piperidine rings is 1. The molecule has 0 radical (unpaired) electrons. The minimum atomic E-state index is -0.316. The maximum atomic E-state index is 12.4. The molecule has 0 bridgehead atoms. The molecule has 5 heteroatoms. The molecule has 1 aromatic heterocycles. The van der Waals surface area contributed by atoms with Crippen molar-refractivity contribution in [2.45, 2.75) is 26.7 Å². The maximum Gasteiger partial charge on any atom is 0.287 e. The number of carbonyl (C=O) groups excluding carboxylic acids is 1. The van der Waals surface area contributed by atoms with Gasteiger partial charge < -0.3 is 14.6 Å². The lowest BCUT2D eigenvalue weighted by molar-refractivity contribution is 0.0902. The van der Waals surface area contributed by atoms with Crippen LogP contribution in [0.3, 0.4) is 0 Å². The van der Waals surface area contributed by atoms with Gasteiger partial charge >= 0.3 is 0 Å². The molecule has 0 unspecified atom stereocenters. The number of para-hydroxylation sites is 1. The largest absolute Gasteiger partial charge is 0.451 e. The molecule has 0 spiro atoms. The molecule has 134 valence electrons. The number of nitrogens with zero attached hydrogens (tertiary/aromatic N) is 1. The van der Waals surface area contributed by atoms with Crippen LogP contribution < -0.4 is 10.7 Å². The van der Waals surface area contributed by atoms with Crippen molar-refractivity contribution in [1.29, 1.82) is 0 Å². The third kappa shape index (κ3) is 4.48. The van der Waals surface area contributed by atoms with Crippen LogP contribution in [0.5, 0.6) is 0 Å². The second kappa shape index (κ2) is 7.83. The summed E-state index contributed by atoms with van der Waals surface area (Å²) in [4.78, 5) is 27.0. The average molecular weight is 342 g/mol. The molecule has 2 aromatic rings. The van der Waals surface area contributed by atoms with E-state index in [1.807, 2.05) is 0 Å². The van der Waals surface area contributed by atoms with E-state index in [0.29, 0.717) is 29.3 Å². The highest BCUT2D eigenvalue weighted by molar-refractivity contribution is 5.93. The number of rotatable bonds is 5. The summed E-state index contributed by atoms with van der Waals surface area (Å²) >= 11 is 0. The third-order valence-electron chi connectivity index (χ3n) is 4.64. The van der Waals surface area contributed by atoms with Crippen LogP contribution >= 0.6 is 0 Å². The van der Waals surface area contributed by atoms with Crippen LogP contribution in [0.4, 0.5) is 0 Å². The first-order chi connectivity index (χ1) is 12.0. The zero-order valence-corrected chi connectivity index (χ0v) is 15.0. The summed E-state index contributed by atoms with van der Waals surface area (Å²) < 4.78 is 5.60. The van der Waals surface area contributed by atoms with Crippen LogP contribution in [-0.2, 0) is 0 Å². The highest BCUT2D eigenvalue weighted by Crippen LogP contribution is 2.17. The number of hydrogen-bond donors (Lipinski definition) is 1. The fraction of sp³-hybridized carbons (Fsp3) is 0.500. The van der Waals surface area contributed by atoms with Gasteiger partial charge in [0.05, 0.1) is 5.39 Å². The number of fused-ring (bicyclic) bond motifs is 1. The number of benzene rings is 1. The molecule has 3 rings (SSSR count). The normalized spacial score (nSPS) is 18.6. The van der Waals surface area contributed by atoms with E-state index >= 15 is 0 Å². The zero-order valence-electron chi connectivity index (χ0n) is 15.0. The summed E-state index contributed by atoms with van der Waals surface area (Å²) in [7, 11) is 0. The number of carbonyl (C=O) groups is 1. The quantitative estimate of drug-likeness (QED) is 0.907. The molecule has 1 aliphatic rings. The fourth-order valence-electron chi connectivity index (χ4n) is 3.54. The minimum absolute atomic E-state index is 0.0820. The van der Waals surface area contributed by atoms with Crippen molar-refractivity contribution in [3.05, 3.63) is 46.3 Å². The number of amides is 1. The highest BCUT2D eigenvalue weighted by atomic mass is 16.3. The lowest BCUT2D eigenvalue weighted by atomic mass is 9.97. The first-order valence-corrected chi connectivity index (χ1v) is 9.06. The number of likely N-dealkylation sites (tertiary alicyclic amines) is 1. The van der Waals surface area contributed by atoms with Crippen molar-refractivity contribution in [3.63, 3.8) is 0 Å². The van der Waals surface area contributed by atoms with E-state index in [2.05, 4.69) is 24.1 Å². The monoisotopic (exact) mass is 342 g/mol. The van der Waals surface area contributed by atoms with E-state index in [1.54, 1.807) is 24.3 Å². The molecule has 0 aliphatic carbocycles. The molecule has 1 fully saturated rings. The van der Waals surface area contributed by atoms with Gasteiger partial charge in [0.15, 0.2) is 11.2 Å². The lowest BCUT2D eigenvalue weighted by Gasteiger charge is -2.33. The summed E-state index contributed by atoms with van der Waals surface area (Å²) in [6.45, 7) is 8.33. The molecular weight excluding hydrogens is 316 g/mol. The van der Waals surface area contributed by atoms with Crippen LogP contribution in [0.1, 0.15) is 37.2 Å². The minimum Gasteiger partial charge on any atom is -0.451 e. The number of nitrogens with one attached hydrogen (secondary N) is 1. The summed E-state index contributed by atoms with van der Waals surface area (Å²) in [5, 5.41) is 3.43. The van der Waals surface area contributed by atoms with E-state index in [1.165, 1.54) is 6.07 Å². The molecule has 1 aliphatic heterocycles. The van der Waals surface area contributed by atoms with E-state index in [4.69, 9.17) is 4.42 Å². The van der Waals surface area contributed by atoms with Gasteiger partial charge in [-0.3, -0.25) is 9.59 Å². The smallest absolute Gasteiger partial charge is 0.287 e. The summed E-state index contributed by atoms with van der Waals surface area (Å²) in [6.07, 6.45) is 2.29. The van der Waals surface area contributed by atoms with Crippen LogP contribution in [0.25, 0.3) is 11.0 Å². The fourth-order valence-corrected chi connectivity index (χ4v) is 3.54. The van der Waals surface area contributed by atoms with Crippen LogP contribution in [-0.4, -0.2) is 37.0 Å². The van der Waals surface area contributed by atoms with Crippen molar-refractivity contribution >= 4 is 16.9 Å². The molecule has 1 atom stereocenters. The summed E-state index contributed by atoms with van der Waals surface area (Å²) in [6, 6.07) is 8.26. The Balaban J connectivity index is 1.62. The second-order valence-corrected chi connectivity index (χ2v) is 7.34. The van der Waals surface area contributed by atoms with E-state index in [0.717, 1.165) is 32.5 Å².